The van der Waals surface area contributed by atoms with Gasteiger partial charge in [0.1, 0.15) is 5.82 Å². The number of hydrogen-bond acceptors (Lipinski definition) is 2. The Morgan fingerprint density at radius 1 is 1.15 bits per heavy atom. The molecule has 1 saturated carbocycles. The standard InChI is InChI=1S/C15H18FNO3/c16-12-7-5-11(6-8-12)15(9-10-15)17-13(18)3-1-2-4-14(19)20/h5-8H,1-4,9-10H2,(H,17,18)(H,19,20). The van der Waals surface area contributed by atoms with Crippen LogP contribution in [-0.2, 0) is 15.1 Å². The molecule has 1 aliphatic rings. The number of halogens is 1. The first-order valence-corrected chi connectivity index (χ1v) is 6.81. The number of amides is 1. The Kier molecular flexibility index (Phi) is 4.37. The van der Waals surface area contributed by atoms with Crippen LogP contribution in [0.4, 0.5) is 4.39 Å². The fraction of sp³-hybridized carbons (Fsp3) is 0.467. The summed E-state index contributed by atoms with van der Waals surface area (Å²) in [6.45, 7) is 0. The van der Waals surface area contributed by atoms with Gasteiger partial charge in [0.2, 0.25) is 5.91 Å². The first kappa shape index (κ1) is 14.5. The Bertz CT molecular complexity index is 494. The van der Waals surface area contributed by atoms with Crippen molar-refractivity contribution in [1.82, 2.24) is 5.32 Å². The molecule has 4 nitrogen and oxygen atoms in total. The lowest BCUT2D eigenvalue weighted by atomic mass is 10.0. The molecule has 0 saturated heterocycles. The van der Waals surface area contributed by atoms with Gasteiger partial charge in [-0.1, -0.05) is 12.1 Å². The Balaban J connectivity index is 1.81. The molecule has 0 bridgehead atoms. The normalized spacial score (nSPS) is 15.7. The van der Waals surface area contributed by atoms with E-state index in [0.717, 1.165) is 18.4 Å². The third-order valence-electron chi connectivity index (χ3n) is 3.57. The molecule has 1 fully saturated rings. The second kappa shape index (κ2) is 6.03. The smallest absolute Gasteiger partial charge is 0.303 e. The molecule has 1 aliphatic carbocycles. The van der Waals surface area contributed by atoms with Crippen LogP contribution in [0, 0.1) is 5.82 Å². The summed E-state index contributed by atoms with van der Waals surface area (Å²) >= 11 is 0. The van der Waals surface area contributed by atoms with Crippen LogP contribution in [-0.4, -0.2) is 17.0 Å². The highest BCUT2D eigenvalue weighted by atomic mass is 19.1. The molecule has 5 heteroatoms. The molecule has 2 rings (SSSR count). The van der Waals surface area contributed by atoms with Gasteiger partial charge >= 0.3 is 5.97 Å². The predicted octanol–water partition coefficient (Wildman–Crippen LogP) is 2.58. The van der Waals surface area contributed by atoms with Gasteiger partial charge in [0.15, 0.2) is 0 Å². The molecule has 0 spiro atoms. The number of rotatable bonds is 7. The van der Waals surface area contributed by atoms with Gasteiger partial charge in [-0.3, -0.25) is 9.59 Å². The summed E-state index contributed by atoms with van der Waals surface area (Å²) in [6.07, 6.45) is 3.22. The maximum Gasteiger partial charge on any atom is 0.303 e. The van der Waals surface area contributed by atoms with Crippen molar-refractivity contribution in [2.24, 2.45) is 0 Å². The molecule has 1 aromatic carbocycles. The minimum absolute atomic E-state index is 0.0720. The van der Waals surface area contributed by atoms with E-state index in [1.807, 2.05) is 0 Å². The molecule has 0 atom stereocenters. The minimum atomic E-state index is -0.838. The number of unbranched alkanes of at least 4 members (excludes halogenated alkanes) is 1. The van der Waals surface area contributed by atoms with E-state index in [-0.39, 0.29) is 23.7 Å². The first-order valence-electron chi connectivity index (χ1n) is 6.81. The van der Waals surface area contributed by atoms with Crippen LogP contribution in [0.3, 0.4) is 0 Å². The van der Waals surface area contributed by atoms with Crippen molar-refractivity contribution in [1.29, 1.82) is 0 Å². The summed E-state index contributed by atoms with van der Waals surface area (Å²) in [6, 6.07) is 6.20. The molecule has 2 N–H and O–H groups in total. The number of nitrogens with one attached hydrogen (secondary N) is 1. The number of carboxylic acids is 1. The van der Waals surface area contributed by atoms with E-state index in [9.17, 15) is 14.0 Å². The van der Waals surface area contributed by atoms with E-state index >= 15 is 0 Å². The van der Waals surface area contributed by atoms with Crippen LogP contribution in [0.2, 0.25) is 0 Å². The third kappa shape index (κ3) is 3.79. The van der Waals surface area contributed by atoms with Crippen molar-refractivity contribution in [2.45, 2.75) is 44.1 Å². The van der Waals surface area contributed by atoms with Crippen molar-refractivity contribution in [3.8, 4) is 0 Å². The van der Waals surface area contributed by atoms with Crippen LogP contribution >= 0.6 is 0 Å². The SMILES string of the molecule is O=C(O)CCCCC(=O)NC1(c2ccc(F)cc2)CC1. The van der Waals surface area contributed by atoms with Crippen molar-refractivity contribution in [2.75, 3.05) is 0 Å². The monoisotopic (exact) mass is 279 g/mol. The summed E-state index contributed by atoms with van der Waals surface area (Å²) in [5.74, 6) is -1.20. The fourth-order valence-corrected chi connectivity index (χ4v) is 2.27. The molecular formula is C15H18FNO3. The van der Waals surface area contributed by atoms with E-state index in [4.69, 9.17) is 5.11 Å². The molecular weight excluding hydrogens is 261 g/mol. The summed E-state index contributed by atoms with van der Waals surface area (Å²) in [5, 5.41) is 11.5. The van der Waals surface area contributed by atoms with Crippen molar-refractivity contribution in [3.05, 3.63) is 35.6 Å². The van der Waals surface area contributed by atoms with Crippen LogP contribution in [0.1, 0.15) is 44.1 Å². The fourth-order valence-electron chi connectivity index (χ4n) is 2.27. The molecule has 0 unspecified atom stereocenters. The third-order valence-corrected chi connectivity index (χ3v) is 3.57. The lowest BCUT2D eigenvalue weighted by Crippen LogP contribution is -2.34. The van der Waals surface area contributed by atoms with Crippen LogP contribution in [0.25, 0.3) is 0 Å². The predicted molar refractivity (Wildman–Crippen MR) is 71.6 cm³/mol. The van der Waals surface area contributed by atoms with E-state index in [2.05, 4.69) is 5.32 Å². The van der Waals surface area contributed by atoms with Gasteiger partial charge in [0.25, 0.3) is 0 Å². The number of hydrogen-bond donors (Lipinski definition) is 2. The van der Waals surface area contributed by atoms with E-state index in [0.29, 0.717) is 19.3 Å². The Labute approximate surface area is 117 Å². The second-order valence-electron chi connectivity index (χ2n) is 5.24. The molecule has 1 aromatic rings. The van der Waals surface area contributed by atoms with Gasteiger partial charge in [0, 0.05) is 12.8 Å². The van der Waals surface area contributed by atoms with Gasteiger partial charge < -0.3 is 10.4 Å². The average Bonchev–Trinajstić information content (AvgIpc) is 3.16. The van der Waals surface area contributed by atoms with Crippen LogP contribution in [0.15, 0.2) is 24.3 Å². The summed E-state index contributed by atoms with van der Waals surface area (Å²) in [5.41, 5.74) is 0.593. The van der Waals surface area contributed by atoms with E-state index in [1.54, 1.807) is 12.1 Å². The highest BCUT2D eigenvalue weighted by Crippen LogP contribution is 2.45. The number of carbonyl (C=O) groups excluding carboxylic acids is 1. The summed E-state index contributed by atoms with van der Waals surface area (Å²) < 4.78 is 12.9. The summed E-state index contributed by atoms with van der Waals surface area (Å²) in [7, 11) is 0. The summed E-state index contributed by atoms with van der Waals surface area (Å²) in [4.78, 5) is 22.2. The maximum atomic E-state index is 12.9. The molecule has 1 amide bonds. The second-order valence-corrected chi connectivity index (χ2v) is 5.24. The zero-order valence-electron chi connectivity index (χ0n) is 11.2. The molecule has 0 heterocycles. The van der Waals surface area contributed by atoms with Gasteiger partial charge in [0.05, 0.1) is 5.54 Å². The number of carbonyl (C=O) groups is 2. The Morgan fingerprint density at radius 2 is 1.75 bits per heavy atom. The lowest BCUT2D eigenvalue weighted by molar-refractivity contribution is -0.137. The average molecular weight is 279 g/mol. The van der Waals surface area contributed by atoms with E-state index in [1.165, 1.54) is 12.1 Å². The molecule has 0 aliphatic heterocycles. The van der Waals surface area contributed by atoms with Crippen molar-refractivity contribution in [3.63, 3.8) is 0 Å². The first-order chi connectivity index (χ1) is 9.52. The van der Waals surface area contributed by atoms with Gasteiger partial charge in [-0.05, 0) is 43.4 Å². The minimum Gasteiger partial charge on any atom is -0.481 e. The molecule has 0 aromatic heterocycles. The number of aliphatic carboxylic acids is 1. The quantitative estimate of drug-likeness (QED) is 0.754. The van der Waals surface area contributed by atoms with Gasteiger partial charge in [-0.2, -0.15) is 0 Å². The zero-order valence-corrected chi connectivity index (χ0v) is 11.2. The Morgan fingerprint density at radius 3 is 2.30 bits per heavy atom. The molecule has 108 valence electrons. The Hall–Kier alpha value is -1.91. The molecule has 20 heavy (non-hydrogen) atoms. The highest BCUT2D eigenvalue weighted by molar-refractivity contribution is 5.77. The van der Waals surface area contributed by atoms with Gasteiger partial charge in [-0.25, -0.2) is 4.39 Å². The largest absolute Gasteiger partial charge is 0.481 e. The number of benzene rings is 1. The topological polar surface area (TPSA) is 66.4 Å². The lowest BCUT2D eigenvalue weighted by Gasteiger charge is -2.18. The van der Waals surface area contributed by atoms with Gasteiger partial charge in [-0.15, -0.1) is 0 Å². The van der Waals surface area contributed by atoms with Crippen LogP contribution < -0.4 is 5.32 Å². The van der Waals surface area contributed by atoms with Crippen molar-refractivity contribution < 1.29 is 19.1 Å². The number of carboxylic acid groups (broad SMARTS) is 1. The van der Waals surface area contributed by atoms with Crippen LogP contribution in [0.5, 0.6) is 0 Å². The zero-order chi connectivity index (χ0) is 14.6. The van der Waals surface area contributed by atoms with Crippen molar-refractivity contribution >= 4 is 11.9 Å². The maximum absolute atomic E-state index is 12.9. The van der Waals surface area contributed by atoms with E-state index < -0.39 is 5.97 Å². The highest BCUT2D eigenvalue weighted by Gasteiger charge is 2.45. The molecule has 0 radical (unpaired) electrons.